The van der Waals surface area contributed by atoms with Gasteiger partial charge in [0.25, 0.3) is 0 Å². The molecule has 0 spiro atoms. The van der Waals surface area contributed by atoms with Crippen LogP contribution in [0, 0.1) is 0 Å². The predicted molar refractivity (Wildman–Crippen MR) is 81.4 cm³/mol. The third-order valence-electron chi connectivity index (χ3n) is 3.38. The summed E-state index contributed by atoms with van der Waals surface area (Å²) < 4.78 is 5.76. The molecule has 0 unspecified atom stereocenters. The quantitative estimate of drug-likeness (QED) is 0.708. The van der Waals surface area contributed by atoms with Crippen molar-refractivity contribution in [2.45, 2.75) is 6.61 Å². The van der Waals surface area contributed by atoms with Gasteiger partial charge >= 0.3 is 5.97 Å². The molecule has 110 valence electrons. The number of aldehydes is 1. The molecule has 0 aliphatic rings. The van der Waals surface area contributed by atoms with Crippen LogP contribution in [0.3, 0.4) is 0 Å². The first-order chi connectivity index (χ1) is 10.7. The van der Waals surface area contributed by atoms with Crippen molar-refractivity contribution in [3.63, 3.8) is 0 Å². The molecule has 0 bridgehead atoms. The second kappa shape index (κ2) is 5.73. The number of hydrogen-bond donors (Lipinski definition) is 2. The predicted octanol–water partition coefficient (Wildman–Crippen LogP) is 3.26. The van der Waals surface area contributed by atoms with E-state index in [1.54, 1.807) is 12.1 Å². The van der Waals surface area contributed by atoms with Gasteiger partial charge < -0.3 is 14.8 Å². The van der Waals surface area contributed by atoms with E-state index in [1.807, 2.05) is 30.3 Å². The van der Waals surface area contributed by atoms with Crippen LogP contribution in [0.15, 0.2) is 48.5 Å². The van der Waals surface area contributed by atoms with Gasteiger partial charge in [0.2, 0.25) is 0 Å². The van der Waals surface area contributed by atoms with Gasteiger partial charge in [-0.15, -0.1) is 0 Å². The highest BCUT2D eigenvalue weighted by Gasteiger charge is 2.14. The van der Waals surface area contributed by atoms with Gasteiger partial charge in [-0.25, -0.2) is 4.79 Å². The second-order valence-corrected chi connectivity index (χ2v) is 4.82. The van der Waals surface area contributed by atoms with Gasteiger partial charge in [0.15, 0.2) is 6.29 Å². The number of carbonyl (C=O) groups is 2. The molecule has 0 saturated heterocycles. The molecular formula is C17H13NO4. The van der Waals surface area contributed by atoms with E-state index in [-0.39, 0.29) is 5.69 Å². The summed E-state index contributed by atoms with van der Waals surface area (Å²) in [4.78, 5) is 25.0. The van der Waals surface area contributed by atoms with Crippen molar-refractivity contribution >= 4 is 23.2 Å². The number of ether oxygens (including phenoxy) is 1. The molecule has 22 heavy (non-hydrogen) atoms. The molecule has 1 heterocycles. The van der Waals surface area contributed by atoms with Crippen molar-refractivity contribution < 1.29 is 19.4 Å². The van der Waals surface area contributed by atoms with Gasteiger partial charge in [0, 0.05) is 10.9 Å². The third kappa shape index (κ3) is 2.56. The fourth-order valence-corrected chi connectivity index (χ4v) is 2.29. The summed E-state index contributed by atoms with van der Waals surface area (Å²) in [6.45, 7) is 0.359. The van der Waals surface area contributed by atoms with Gasteiger partial charge in [-0.2, -0.15) is 0 Å². The van der Waals surface area contributed by atoms with Gasteiger partial charge in [-0.3, -0.25) is 4.79 Å². The SMILES string of the molecule is O=Cc1ccc(OCc2ccccc2)c2[nH]c(C(=O)O)cc12. The summed E-state index contributed by atoms with van der Waals surface area (Å²) in [5.41, 5.74) is 1.96. The van der Waals surface area contributed by atoms with Crippen LogP contribution in [0.4, 0.5) is 0 Å². The Bertz CT molecular complexity index is 836. The molecule has 0 aliphatic heterocycles. The lowest BCUT2D eigenvalue weighted by molar-refractivity contribution is 0.0691. The summed E-state index contributed by atoms with van der Waals surface area (Å²) in [5.74, 6) is -0.570. The fourth-order valence-electron chi connectivity index (χ4n) is 2.29. The molecule has 0 fully saturated rings. The van der Waals surface area contributed by atoms with E-state index in [0.717, 1.165) is 5.56 Å². The van der Waals surface area contributed by atoms with E-state index in [1.165, 1.54) is 6.07 Å². The number of aromatic nitrogens is 1. The maximum atomic E-state index is 11.1. The molecule has 0 aliphatic carbocycles. The number of hydrogen-bond acceptors (Lipinski definition) is 3. The number of aromatic carboxylic acids is 1. The van der Waals surface area contributed by atoms with Crippen molar-refractivity contribution in [2.75, 3.05) is 0 Å². The van der Waals surface area contributed by atoms with E-state index in [4.69, 9.17) is 9.84 Å². The highest BCUT2D eigenvalue weighted by molar-refractivity contribution is 6.03. The average Bonchev–Trinajstić information content (AvgIpc) is 2.99. The zero-order valence-corrected chi connectivity index (χ0v) is 11.6. The van der Waals surface area contributed by atoms with Crippen LogP contribution in [0.25, 0.3) is 10.9 Å². The van der Waals surface area contributed by atoms with Crippen LogP contribution >= 0.6 is 0 Å². The van der Waals surface area contributed by atoms with Crippen LogP contribution < -0.4 is 4.74 Å². The highest BCUT2D eigenvalue weighted by atomic mass is 16.5. The van der Waals surface area contributed by atoms with Crippen molar-refractivity contribution in [3.05, 3.63) is 65.4 Å². The van der Waals surface area contributed by atoms with Crippen LogP contribution in [0.2, 0.25) is 0 Å². The Morgan fingerprint density at radius 2 is 1.95 bits per heavy atom. The molecule has 5 heteroatoms. The molecule has 3 aromatic rings. The summed E-state index contributed by atoms with van der Waals surface area (Å²) in [6, 6.07) is 14.4. The maximum absolute atomic E-state index is 11.1. The Morgan fingerprint density at radius 1 is 1.18 bits per heavy atom. The Hall–Kier alpha value is -3.08. The number of carboxylic acids is 1. The Labute approximate surface area is 126 Å². The third-order valence-corrected chi connectivity index (χ3v) is 3.38. The Kier molecular flexibility index (Phi) is 3.62. The number of H-pyrrole nitrogens is 1. The molecule has 2 N–H and O–H groups in total. The van der Waals surface area contributed by atoms with Crippen LogP contribution in [-0.4, -0.2) is 22.3 Å². The smallest absolute Gasteiger partial charge is 0.352 e. The van der Waals surface area contributed by atoms with E-state index >= 15 is 0 Å². The summed E-state index contributed by atoms with van der Waals surface area (Å²) >= 11 is 0. The molecule has 0 saturated carbocycles. The minimum Gasteiger partial charge on any atom is -0.487 e. The van der Waals surface area contributed by atoms with Crippen molar-refractivity contribution in [2.24, 2.45) is 0 Å². The van der Waals surface area contributed by atoms with Crippen LogP contribution in [0.5, 0.6) is 5.75 Å². The number of carbonyl (C=O) groups excluding carboxylic acids is 1. The first-order valence-corrected chi connectivity index (χ1v) is 6.70. The Morgan fingerprint density at radius 3 is 2.64 bits per heavy atom. The van der Waals surface area contributed by atoms with Gasteiger partial charge in [0.05, 0.1) is 5.52 Å². The summed E-state index contributed by atoms with van der Waals surface area (Å²) in [7, 11) is 0. The van der Waals surface area contributed by atoms with Gasteiger partial charge in [-0.1, -0.05) is 30.3 Å². The number of fused-ring (bicyclic) bond motifs is 1. The van der Waals surface area contributed by atoms with Crippen LogP contribution in [-0.2, 0) is 6.61 Å². The lowest BCUT2D eigenvalue weighted by atomic mass is 10.1. The van der Waals surface area contributed by atoms with E-state index < -0.39 is 5.97 Å². The summed E-state index contributed by atoms with van der Waals surface area (Å²) in [6.07, 6.45) is 0.697. The zero-order valence-electron chi connectivity index (χ0n) is 11.6. The van der Waals surface area contributed by atoms with E-state index in [9.17, 15) is 9.59 Å². The fraction of sp³-hybridized carbons (Fsp3) is 0.0588. The number of nitrogens with one attached hydrogen (secondary N) is 1. The standard InChI is InChI=1S/C17H13NO4/c19-9-12-6-7-15(22-10-11-4-2-1-3-5-11)16-13(12)8-14(18-16)17(20)21/h1-9,18H,10H2,(H,20,21). The lowest BCUT2D eigenvalue weighted by Crippen LogP contribution is -1.97. The summed E-state index contributed by atoms with van der Waals surface area (Å²) in [5, 5.41) is 9.63. The number of aromatic amines is 1. The molecule has 0 atom stereocenters. The number of benzene rings is 2. The van der Waals surface area contributed by atoms with Crippen molar-refractivity contribution in [1.29, 1.82) is 0 Å². The lowest BCUT2D eigenvalue weighted by Gasteiger charge is -2.08. The van der Waals surface area contributed by atoms with Crippen molar-refractivity contribution in [3.8, 4) is 5.75 Å². The van der Waals surface area contributed by atoms with Gasteiger partial charge in [-0.05, 0) is 23.8 Å². The Balaban J connectivity index is 1.99. The topological polar surface area (TPSA) is 79.4 Å². The van der Waals surface area contributed by atoms with E-state index in [2.05, 4.69) is 4.98 Å². The zero-order chi connectivity index (χ0) is 15.5. The molecule has 1 aromatic heterocycles. The highest BCUT2D eigenvalue weighted by Crippen LogP contribution is 2.29. The first-order valence-electron chi connectivity index (χ1n) is 6.70. The first kappa shape index (κ1) is 13.9. The minimum atomic E-state index is -1.08. The molecule has 3 rings (SSSR count). The average molecular weight is 295 g/mol. The molecular weight excluding hydrogens is 282 g/mol. The number of carboxylic acid groups (broad SMARTS) is 1. The molecule has 2 aromatic carbocycles. The minimum absolute atomic E-state index is 0.0221. The van der Waals surface area contributed by atoms with Crippen molar-refractivity contribution in [1.82, 2.24) is 4.98 Å². The van der Waals surface area contributed by atoms with Gasteiger partial charge in [0.1, 0.15) is 18.1 Å². The monoisotopic (exact) mass is 295 g/mol. The molecule has 5 nitrogen and oxygen atoms in total. The van der Waals surface area contributed by atoms with Crippen LogP contribution in [0.1, 0.15) is 26.4 Å². The molecule has 0 amide bonds. The largest absolute Gasteiger partial charge is 0.487 e. The van der Waals surface area contributed by atoms with E-state index in [0.29, 0.717) is 35.1 Å². The number of rotatable bonds is 5. The molecule has 0 radical (unpaired) electrons. The second-order valence-electron chi connectivity index (χ2n) is 4.82. The maximum Gasteiger partial charge on any atom is 0.352 e. The normalized spacial score (nSPS) is 10.5.